The van der Waals surface area contributed by atoms with Crippen LogP contribution in [0.15, 0.2) is 127 Å². The third kappa shape index (κ3) is 2.72. The van der Waals surface area contributed by atoms with E-state index in [0.29, 0.717) is 0 Å². The number of fused-ring (bicyclic) bond motifs is 9. The number of para-hydroxylation sites is 1. The van der Waals surface area contributed by atoms with E-state index in [1.807, 2.05) is 0 Å². The van der Waals surface area contributed by atoms with Crippen LogP contribution >= 0.6 is 0 Å². The molecule has 1 nitrogen and oxygen atoms in total. The minimum atomic E-state index is -0.0718. The van der Waals surface area contributed by atoms with E-state index in [1.165, 1.54) is 82.1 Å². The van der Waals surface area contributed by atoms with Crippen molar-refractivity contribution < 1.29 is 0 Å². The Morgan fingerprint density at radius 1 is 0.500 bits per heavy atom. The molecule has 1 heteroatoms. The Morgan fingerprint density at radius 3 is 2.12 bits per heavy atom. The standard InChI is InChI=1S/C39H27N/c1-39(2)33-15-7-5-14-31(33)37-36-26(11-9-16-34(36)39)23-32-30-13-6-8-17-35(30)40(38(32)37)27-20-21-29-25(22-27)19-18-24-10-3-4-12-28(24)29/h3-23H,1-2H3. The van der Waals surface area contributed by atoms with Crippen molar-refractivity contribution in [1.82, 2.24) is 4.57 Å². The first-order valence-electron chi connectivity index (χ1n) is 14.1. The molecule has 7 aromatic carbocycles. The molecule has 0 unspecified atom stereocenters. The minimum Gasteiger partial charge on any atom is -0.309 e. The van der Waals surface area contributed by atoms with Crippen LogP contribution in [0.3, 0.4) is 0 Å². The summed E-state index contributed by atoms with van der Waals surface area (Å²) < 4.78 is 2.51. The largest absolute Gasteiger partial charge is 0.309 e. The second-order valence-electron chi connectivity index (χ2n) is 11.8. The second kappa shape index (κ2) is 7.61. The Balaban J connectivity index is 1.49. The maximum Gasteiger partial charge on any atom is 0.0626 e. The summed E-state index contributed by atoms with van der Waals surface area (Å²) in [7, 11) is 0. The highest BCUT2D eigenvalue weighted by atomic mass is 15.0. The number of rotatable bonds is 1. The molecular formula is C39H27N. The van der Waals surface area contributed by atoms with Crippen molar-refractivity contribution in [3.63, 3.8) is 0 Å². The summed E-state index contributed by atoms with van der Waals surface area (Å²) in [4.78, 5) is 0. The molecule has 0 N–H and O–H groups in total. The van der Waals surface area contributed by atoms with Gasteiger partial charge in [0.15, 0.2) is 0 Å². The third-order valence-corrected chi connectivity index (χ3v) is 9.33. The molecule has 1 heterocycles. The molecule has 8 aromatic rings. The average molecular weight is 510 g/mol. The Hall–Kier alpha value is -4.88. The van der Waals surface area contributed by atoms with Gasteiger partial charge >= 0.3 is 0 Å². The molecule has 40 heavy (non-hydrogen) atoms. The molecule has 1 aliphatic rings. The van der Waals surface area contributed by atoms with E-state index in [2.05, 4.69) is 146 Å². The van der Waals surface area contributed by atoms with Crippen molar-refractivity contribution in [2.24, 2.45) is 0 Å². The summed E-state index contributed by atoms with van der Waals surface area (Å²) in [5.41, 5.74) is 9.16. The molecule has 0 bridgehead atoms. The lowest BCUT2D eigenvalue weighted by molar-refractivity contribution is 0.645. The van der Waals surface area contributed by atoms with E-state index in [-0.39, 0.29) is 5.41 Å². The van der Waals surface area contributed by atoms with Gasteiger partial charge in [-0.05, 0) is 73.3 Å². The van der Waals surface area contributed by atoms with Crippen LogP contribution in [0.5, 0.6) is 0 Å². The van der Waals surface area contributed by atoms with E-state index >= 15 is 0 Å². The van der Waals surface area contributed by atoms with E-state index in [1.54, 1.807) is 0 Å². The number of hydrogen-bond acceptors (Lipinski definition) is 0. The van der Waals surface area contributed by atoms with Gasteiger partial charge in [0.05, 0.1) is 11.0 Å². The van der Waals surface area contributed by atoms with Gasteiger partial charge < -0.3 is 4.57 Å². The quantitative estimate of drug-likeness (QED) is 0.194. The molecule has 188 valence electrons. The highest BCUT2D eigenvalue weighted by molar-refractivity contribution is 6.23. The fourth-order valence-electron chi connectivity index (χ4n) is 7.48. The molecule has 1 aliphatic carbocycles. The molecule has 0 amide bonds. The summed E-state index contributed by atoms with van der Waals surface area (Å²) in [5.74, 6) is 0. The Kier molecular flexibility index (Phi) is 4.18. The topological polar surface area (TPSA) is 4.93 Å². The van der Waals surface area contributed by atoms with Crippen LogP contribution in [0.4, 0.5) is 0 Å². The first kappa shape index (κ1) is 22.0. The van der Waals surface area contributed by atoms with Gasteiger partial charge in [0.25, 0.3) is 0 Å². The monoisotopic (exact) mass is 509 g/mol. The van der Waals surface area contributed by atoms with Gasteiger partial charge in [-0.3, -0.25) is 0 Å². The summed E-state index contributed by atoms with van der Waals surface area (Å²) in [6.07, 6.45) is 0. The molecule has 1 aromatic heterocycles. The fraction of sp³-hybridized carbons (Fsp3) is 0.0769. The maximum absolute atomic E-state index is 2.51. The Bertz CT molecular complexity index is 2350. The lowest BCUT2D eigenvalue weighted by Crippen LogP contribution is -2.23. The lowest BCUT2D eigenvalue weighted by atomic mass is 9.68. The Labute approximate surface area is 232 Å². The summed E-state index contributed by atoms with van der Waals surface area (Å²) in [6.45, 7) is 4.74. The van der Waals surface area contributed by atoms with Crippen LogP contribution in [0.1, 0.15) is 25.0 Å². The zero-order valence-electron chi connectivity index (χ0n) is 22.6. The zero-order chi connectivity index (χ0) is 26.6. The van der Waals surface area contributed by atoms with Crippen LogP contribution in [0, 0.1) is 0 Å². The van der Waals surface area contributed by atoms with E-state index < -0.39 is 0 Å². The van der Waals surface area contributed by atoms with Gasteiger partial charge in [-0.15, -0.1) is 0 Å². The first-order chi connectivity index (χ1) is 19.6. The molecular weight excluding hydrogens is 482 g/mol. The summed E-state index contributed by atoms with van der Waals surface area (Å²) >= 11 is 0. The lowest BCUT2D eigenvalue weighted by Gasteiger charge is -2.35. The SMILES string of the molecule is CC1(C)c2ccccc2-c2c3c1cccc3cc1c3ccccc3n(-c3ccc4c(ccc5ccccc54)c3)c21. The van der Waals surface area contributed by atoms with Crippen LogP contribution in [0.25, 0.3) is 70.9 Å². The van der Waals surface area contributed by atoms with E-state index in [4.69, 9.17) is 0 Å². The number of aromatic nitrogens is 1. The van der Waals surface area contributed by atoms with Gasteiger partial charge in [0.2, 0.25) is 0 Å². The van der Waals surface area contributed by atoms with Crippen LogP contribution in [-0.4, -0.2) is 4.57 Å². The van der Waals surface area contributed by atoms with Crippen LogP contribution in [0.2, 0.25) is 0 Å². The number of hydrogen-bond donors (Lipinski definition) is 0. The summed E-state index contributed by atoms with van der Waals surface area (Å²) in [5, 5.41) is 10.4. The normalized spacial score (nSPS) is 13.9. The third-order valence-electron chi connectivity index (χ3n) is 9.33. The predicted molar refractivity (Wildman–Crippen MR) is 171 cm³/mol. The van der Waals surface area contributed by atoms with Crippen molar-refractivity contribution in [3.8, 4) is 16.8 Å². The highest BCUT2D eigenvalue weighted by Gasteiger charge is 2.35. The molecule has 0 spiro atoms. The molecule has 0 radical (unpaired) electrons. The molecule has 0 saturated heterocycles. The van der Waals surface area contributed by atoms with Crippen molar-refractivity contribution in [2.75, 3.05) is 0 Å². The Morgan fingerprint density at radius 2 is 1.20 bits per heavy atom. The predicted octanol–water partition coefficient (Wildman–Crippen LogP) is 10.5. The van der Waals surface area contributed by atoms with Crippen LogP contribution < -0.4 is 0 Å². The van der Waals surface area contributed by atoms with Gasteiger partial charge in [0, 0.05) is 27.4 Å². The molecule has 0 atom stereocenters. The maximum atomic E-state index is 2.51. The molecule has 0 saturated carbocycles. The number of benzene rings is 7. The van der Waals surface area contributed by atoms with E-state index in [9.17, 15) is 0 Å². The van der Waals surface area contributed by atoms with Gasteiger partial charge in [-0.1, -0.05) is 117 Å². The summed E-state index contributed by atoms with van der Waals surface area (Å²) in [6, 6.07) is 47.4. The molecule has 0 fully saturated rings. The average Bonchev–Trinajstić information content (AvgIpc) is 3.33. The fourth-order valence-corrected chi connectivity index (χ4v) is 7.48. The van der Waals surface area contributed by atoms with E-state index in [0.717, 1.165) is 0 Å². The molecule has 0 aliphatic heterocycles. The minimum absolute atomic E-state index is 0.0718. The van der Waals surface area contributed by atoms with Crippen molar-refractivity contribution >= 4 is 54.1 Å². The van der Waals surface area contributed by atoms with Crippen LogP contribution in [-0.2, 0) is 5.41 Å². The zero-order valence-corrected chi connectivity index (χ0v) is 22.6. The van der Waals surface area contributed by atoms with Gasteiger partial charge in [0.1, 0.15) is 0 Å². The smallest absolute Gasteiger partial charge is 0.0626 e. The highest BCUT2D eigenvalue weighted by Crippen LogP contribution is 2.52. The van der Waals surface area contributed by atoms with Crippen molar-refractivity contribution in [2.45, 2.75) is 19.3 Å². The molecule has 9 rings (SSSR count). The van der Waals surface area contributed by atoms with Crippen molar-refractivity contribution in [3.05, 3.63) is 139 Å². The second-order valence-corrected chi connectivity index (χ2v) is 11.8. The first-order valence-corrected chi connectivity index (χ1v) is 14.1. The van der Waals surface area contributed by atoms with Gasteiger partial charge in [-0.2, -0.15) is 0 Å². The van der Waals surface area contributed by atoms with Crippen molar-refractivity contribution in [1.29, 1.82) is 0 Å². The number of nitrogens with zero attached hydrogens (tertiary/aromatic N) is 1. The van der Waals surface area contributed by atoms with Gasteiger partial charge in [-0.25, -0.2) is 0 Å².